The Bertz CT molecular complexity index is 519. The van der Waals surface area contributed by atoms with E-state index in [4.69, 9.17) is 0 Å². The molecule has 0 aliphatic rings. The number of aromatic nitrogens is 1. The molecule has 0 aromatic carbocycles. The van der Waals surface area contributed by atoms with Gasteiger partial charge in [-0.2, -0.15) is 0 Å². The van der Waals surface area contributed by atoms with E-state index >= 15 is 0 Å². The molecule has 0 radical (unpaired) electrons. The summed E-state index contributed by atoms with van der Waals surface area (Å²) in [6.07, 6.45) is 0.878. The van der Waals surface area contributed by atoms with Crippen LogP contribution in [-0.2, 0) is 4.79 Å². The zero-order valence-corrected chi connectivity index (χ0v) is 12.7. The van der Waals surface area contributed by atoms with Crippen LogP contribution >= 0.6 is 0 Å². The molecule has 0 saturated carbocycles. The maximum absolute atomic E-state index is 11.8. The number of nitrogens with zero attached hydrogens (tertiary/aromatic N) is 3. The van der Waals surface area contributed by atoms with E-state index in [0.717, 1.165) is 6.42 Å². The number of hydrogen-bond acceptors (Lipinski definition) is 6. The van der Waals surface area contributed by atoms with Gasteiger partial charge in [0.15, 0.2) is 0 Å². The predicted octanol–water partition coefficient (Wildman–Crippen LogP) is 1.70. The smallest absolute Gasteiger partial charge is 0.276 e. The zero-order chi connectivity index (χ0) is 16.0. The Balaban J connectivity index is 2.97. The fourth-order valence-electron chi connectivity index (χ4n) is 1.71. The van der Waals surface area contributed by atoms with Crippen molar-refractivity contribution in [2.75, 3.05) is 31.3 Å². The molecule has 1 aromatic rings. The second-order valence-electron chi connectivity index (χ2n) is 4.88. The third-order valence-corrected chi connectivity index (χ3v) is 2.75. The normalized spacial score (nSPS) is 11.6. The molecular weight excluding hydrogens is 274 g/mol. The summed E-state index contributed by atoms with van der Waals surface area (Å²) >= 11 is 0. The summed E-state index contributed by atoms with van der Waals surface area (Å²) in [4.78, 5) is 28.0. The highest BCUT2D eigenvalue weighted by atomic mass is 16.6. The molecule has 0 aliphatic carbocycles. The molecule has 8 nitrogen and oxygen atoms in total. The summed E-state index contributed by atoms with van der Waals surface area (Å²) in [5.74, 6) is 0.579. The van der Waals surface area contributed by atoms with Crippen molar-refractivity contribution in [2.45, 2.75) is 26.3 Å². The first-order chi connectivity index (χ1) is 9.85. The highest BCUT2D eigenvalue weighted by molar-refractivity contribution is 5.83. The van der Waals surface area contributed by atoms with Crippen LogP contribution in [0.2, 0.25) is 0 Å². The first-order valence-electron chi connectivity index (χ1n) is 6.73. The summed E-state index contributed by atoms with van der Waals surface area (Å²) in [6.45, 7) is 4.34. The van der Waals surface area contributed by atoms with E-state index < -0.39 is 11.0 Å². The fourth-order valence-corrected chi connectivity index (χ4v) is 1.71. The second kappa shape index (κ2) is 7.41. The van der Waals surface area contributed by atoms with Crippen LogP contribution in [0.25, 0.3) is 0 Å². The summed E-state index contributed by atoms with van der Waals surface area (Å²) in [6, 6.07) is 2.17. The minimum Gasteiger partial charge on any atom is -0.370 e. The van der Waals surface area contributed by atoms with Gasteiger partial charge in [-0.1, -0.05) is 6.92 Å². The number of hydrogen-bond donors (Lipinski definition) is 2. The Morgan fingerprint density at radius 2 is 2.05 bits per heavy atom. The average Bonchev–Trinajstić information content (AvgIpc) is 2.43. The van der Waals surface area contributed by atoms with E-state index in [1.54, 1.807) is 21.0 Å². The van der Waals surface area contributed by atoms with Crippen molar-refractivity contribution >= 4 is 23.2 Å². The van der Waals surface area contributed by atoms with Crippen LogP contribution in [-0.4, -0.2) is 47.4 Å². The number of anilines is 2. The minimum absolute atomic E-state index is 0.0735. The number of rotatable bonds is 7. The van der Waals surface area contributed by atoms with Crippen LogP contribution < -0.4 is 10.6 Å². The van der Waals surface area contributed by atoms with E-state index in [2.05, 4.69) is 15.6 Å². The molecule has 0 aliphatic heterocycles. The van der Waals surface area contributed by atoms with Gasteiger partial charge in [0, 0.05) is 20.6 Å². The lowest BCUT2D eigenvalue weighted by molar-refractivity contribution is -0.384. The molecule has 2 N–H and O–H groups in total. The van der Waals surface area contributed by atoms with E-state index in [-0.39, 0.29) is 11.6 Å². The fraction of sp³-hybridized carbons (Fsp3) is 0.538. The first kappa shape index (κ1) is 16.7. The van der Waals surface area contributed by atoms with Gasteiger partial charge in [-0.25, -0.2) is 4.98 Å². The quantitative estimate of drug-likeness (QED) is 0.586. The zero-order valence-electron chi connectivity index (χ0n) is 12.7. The summed E-state index contributed by atoms with van der Waals surface area (Å²) in [5.41, 5.74) is -0.0735. The van der Waals surface area contributed by atoms with Crippen molar-refractivity contribution in [3.8, 4) is 0 Å². The molecule has 116 valence electrons. The Labute approximate surface area is 123 Å². The average molecular weight is 295 g/mol. The SMILES string of the molecule is CCCNc1cc([N+](=O)[O-])cc(NC(C)C(=O)N(C)C)n1. The van der Waals surface area contributed by atoms with Gasteiger partial charge < -0.3 is 15.5 Å². The molecule has 0 fully saturated rings. The van der Waals surface area contributed by atoms with Gasteiger partial charge >= 0.3 is 0 Å². The highest BCUT2D eigenvalue weighted by Crippen LogP contribution is 2.21. The van der Waals surface area contributed by atoms with Crippen LogP contribution in [0.5, 0.6) is 0 Å². The summed E-state index contributed by atoms with van der Waals surface area (Å²) in [5, 5.41) is 16.8. The van der Waals surface area contributed by atoms with Gasteiger partial charge in [0.1, 0.15) is 17.7 Å². The van der Waals surface area contributed by atoms with E-state index in [1.807, 2.05) is 6.92 Å². The molecule has 1 atom stereocenters. The van der Waals surface area contributed by atoms with Gasteiger partial charge in [-0.15, -0.1) is 0 Å². The Kier molecular flexibility index (Phi) is 5.89. The number of amides is 1. The number of carbonyl (C=O) groups excluding carboxylic acids is 1. The lowest BCUT2D eigenvalue weighted by Gasteiger charge is -2.18. The molecule has 1 amide bonds. The third kappa shape index (κ3) is 4.90. The van der Waals surface area contributed by atoms with Crippen molar-refractivity contribution in [2.24, 2.45) is 0 Å². The van der Waals surface area contributed by atoms with E-state index in [0.29, 0.717) is 18.2 Å². The molecule has 21 heavy (non-hydrogen) atoms. The molecule has 0 spiro atoms. The third-order valence-electron chi connectivity index (χ3n) is 2.75. The highest BCUT2D eigenvalue weighted by Gasteiger charge is 2.17. The molecule has 1 aromatic heterocycles. The van der Waals surface area contributed by atoms with Crippen LogP contribution in [0.15, 0.2) is 12.1 Å². The number of nitro groups is 1. The molecule has 8 heteroatoms. The van der Waals surface area contributed by atoms with Crippen molar-refractivity contribution < 1.29 is 9.72 Å². The molecule has 0 bridgehead atoms. The Morgan fingerprint density at radius 1 is 1.43 bits per heavy atom. The van der Waals surface area contributed by atoms with Crippen molar-refractivity contribution in [3.63, 3.8) is 0 Å². The second-order valence-corrected chi connectivity index (χ2v) is 4.88. The van der Waals surface area contributed by atoms with Crippen LogP contribution in [0.3, 0.4) is 0 Å². The van der Waals surface area contributed by atoms with Crippen molar-refractivity contribution in [3.05, 3.63) is 22.2 Å². The van der Waals surface area contributed by atoms with Crippen molar-refractivity contribution in [1.82, 2.24) is 9.88 Å². The maximum Gasteiger partial charge on any atom is 0.276 e. The lowest BCUT2D eigenvalue weighted by Crippen LogP contribution is -2.36. The first-order valence-corrected chi connectivity index (χ1v) is 6.73. The van der Waals surface area contributed by atoms with Crippen LogP contribution in [0.1, 0.15) is 20.3 Å². The van der Waals surface area contributed by atoms with E-state index in [9.17, 15) is 14.9 Å². The lowest BCUT2D eigenvalue weighted by atomic mass is 10.3. The number of carbonyl (C=O) groups is 1. The largest absolute Gasteiger partial charge is 0.370 e. The van der Waals surface area contributed by atoms with Crippen LogP contribution in [0, 0.1) is 10.1 Å². The van der Waals surface area contributed by atoms with Crippen molar-refractivity contribution in [1.29, 1.82) is 0 Å². The summed E-state index contributed by atoms with van der Waals surface area (Å²) < 4.78 is 0. The topological polar surface area (TPSA) is 100 Å². The predicted molar refractivity (Wildman–Crippen MR) is 81.5 cm³/mol. The van der Waals surface area contributed by atoms with Gasteiger partial charge in [0.05, 0.1) is 17.1 Å². The monoisotopic (exact) mass is 295 g/mol. The van der Waals surface area contributed by atoms with Crippen LogP contribution in [0.4, 0.5) is 17.3 Å². The van der Waals surface area contributed by atoms with Gasteiger partial charge in [-0.05, 0) is 13.3 Å². The Morgan fingerprint density at radius 3 is 2.57 bits per heavy atom. The molecule has 1 rings (SSSR count). The number of likely N-dealkylation sites (N-methyl/N-ethyl adjacent to an activating group) is 1. The van der Waals surface area contributed by atoms with Gasteiger partial charge in [-0.3, -0.25) is 14.9 Å². The molecule has 1 unspecified atom stereocenters. The number of pyridine rings is 1. The van der Waals surface area contributed by atoms with E-state index in [1.165, 1.54) is 17.0 Å². The molecule has 1 heterocycles. The standard InChI is InChI=1S/C13H21N5O3/c1-5-6-14-11-7-10(18(20)21)8-12(16-11)15-9(2)13(19)17(3)4/h7-9H,5-6H2,1-4H3,(H2,14,15,16). The van der Waals surface area contributed by atoms with Gasteiger partial charge in [0.25, 0.3) is 5.69 Å². The number of nitrogens with one attached hydrogen (secondary N) is 2. The molecule has 0 saturated heterocycles. The minimum atomic E-state index is -0.520. The maximum atomic E-state index is 11.8. The van der Waals surface area contributed by atoms with Gasteiger partial charge in [0.2, 0.25) is 5.91 Å². The Hall–Kier alpha value is -2.38. The molecular formula is C13H21N5O3. The summed E-state index contributed by atoms with van der Waals surface area (Å²) in [7, 11) is 3.30.